The fraction of sp³-hybridized carbons (Fsp3) is 0.500. The molecule has 0 spiro atoms. The second-order valence-corrected chi connectivity index (χ2v) is 5.32. The van der Waals surface area contributed by atoms with Crippen molar-refractivity contribution in [3.8, 4) is 11.4 Å². The van der Waals surface area contributed by atoms with Crippen molar-refractivity contribution in [2.75, 3.05) is 18.9 Å². The van der Waals surface area contributed by atoms with Crippen LogP contribution in [0.2, 0.25) is 0 Å². The van der Waals surface area contributed by atoms with Gasteiger partial charge in [0.25, 0.3) is 0 Å². The molecule has 2 N–H and O–H groups in total. The van der Waals surface area contributed by atoms with Crippen molar-refractivity contribution >= 4 is 5.69 Å². The number of benzene rings is 1. The number of anilines is 1. The summed E-state index contributed by atoms with van der Waals surface area (Å²) in [4.78, 5) is 0. The molecule has 0 radical (unpaired) electrons. The van der Waals surface area contributed by atoms with E-state index in [2.05, 4.69) is 15.5 Å². The maximum absolute atomic E-state index is 5.84. The fourth-order valence-electron chi connectivity index (χ4n) is 2.11. The van der Waals surface area contributed by atoms with E-state index in [0.29, 0.717) is 18.8 Å². The minimum absolute atomic E-state index is 0.635. The first kappa shape index (κ1) is 13.1. The molecule has 0 unspecified atom stereocenters. The van der Waals surface area contributed by atoms with E-state index in [1.165, 1.54) is 12.8 Å². The third-order valence-electron chi connectivity index (χ3n) is 3.53. The lowest BCUT2D eigenvalue weighted by Crippen LogP contribution is -2.10. The third kappa shape index (κ3) is 2.96. The summed E-state index contributed by atoms with van der Waals surface area (Å²) in [6.07, 6.45) is 2.61. The molecule has 106 valence electrons. The van der Waals surface area contributed by atoms with Gasteiger partial charge in [-0.2, -0.15) is 0 Å². The van der Waals surface area contributed by atoms with Crippen molar-refractivity contribution in [2.24, 2.45) is 5.92 Å². The van der Waals surface area contributed by atoms with Gasteiger partial charge in [0.15, 0.2) is 5.82 Å². The largest absolute Gasteiger partial charge is 0.399 e. The molecule has 1 aliphatic rings. The molecule has 1 aromatic carbocycles. The molecule has 0 amide bonds. The van der Waals surface area contributed by atoms with Gasteiger partial charge in [-0.15, -0.1) is 5.10 Å². The Labute approximate surface area is 117 Å². The molecule has 0 bridgehead atoms. The first-order valence-corrected chi connectivity index (χ1v) is 6.94. The molecular weight excluding hydrogens is 254 g/mol. The van der Waals surface area contributed by atoms with Crippen LogP contribution in [0.5, 0.6) is 0 Å². The number of tetrazole rings is 1. The van der Waals surface area contributed by atoms with Crippen LogP contribution in [0.4, 0.5) is 5.69 Å². The monoisotopic (exact) mass is 273 g/mol. The molecule has 0 atom stereocenters. The van der Waals surface area contributed by atoms with E-state index >= 15 is 0 Å². The zero-order valence-electron chi connectivity index (χ0n) is 11.6. The van der Waals surface area contributed by atoms with Crippen LogP contribution in [-0.2, 0) is 11.3 Å². The van der Waals surface area contributed by atoms with Gasteiger partial charge in [-0.25, -0.2) is 4.68 Å². The first-order chi connectivity index (χ1) is 9.74. The SMILES string of the molecule is Cc1ccc(N)cc1-c1nnnn1CCOCC1CC1. The highest BCUT2D eigenvalue weighted by Crippen LogP contribution is 2.28. The molecule has 2 aromatic rings. The van der Waals surface area contributed by atoms with Gasteiger partial charge in [0.1, 0.15) is 0 Å². The second kappa shape index (κ2) is 5.58. The molecule has 6 heteroatoms. The summed E-state index contributed by atoms with van der Waals surface area (Å²) >= 11 is 0. The Balaban J connectivity index is 1.70. The first-order valence-electron chi connectivity index (χ1n) is 6.94. The smallest absolute Gasteiger partial charge is 0.182 e. The number of rotatable bonds is 6. The number of aryl methyl sites for hydroxylation is 1. The number of hydrogen-bond donors (Lipinski definition) is 1. The maximum atomic E-state index is 5.84. The van der Waals surface area contributed by atoms with Crippen molar-refractivity contribution in [3.63, 3.8) is 0 Å². The van der Waals surface area contributed by atoms with Gasteiger partial charge in [0.05, 0.1) is 13.2 Å². The van der Waals surface area contributed by atoms with Gasteiger partial charge in [0.2, 0.25) is 0 Å². The van der Waals surface area contributed by atoms with E-state index in [0.717, 1.165) is 29.5 Å². The summed E-state index contributed by atoms with van der Waals surface area (Å²) in [5.41, 5.74) is 8.63. The number of nitrogen functional groups attached to an aromatic ring is 1. The predicted octanol–water partition coefficient (Wildman–Crippen LogP) is 1.66. The minimum atomic E-state index is 0.635. The molecule has 1 heterocycles. The van der Waals surface area contributed by atoms with Crippen LogP contribution in [0.15, 0.2) is 18.2 Å². The number of nitrogens with two attached hydrogens (primary N) is 1. The fourth-order valence-corrected chi connectivity index (χ4v) is 2.11. The number of hydrogen-bond acceptors (Lipinski definition) is 5. The van der Waals surface area contributed by atoms with Gasteiger partial charge in [-0.1, -0.05) is 6.07 Å². The highest BCUT2D eigenvalue weighted by atomic mass is 16.5. The zero-order valence-corrected chi connectivity index (χ0v) is 11.6. The Morgan fingerprint density at radius 1 is 1.40 bits per heavy atom. The van der Waals surface area contributed by atoms with Crippen LogP contribution in [0.1, 0.15) is 18.4 Å². The summed E-state index contributed by atoms with van der Waals surface area (Å²) in [6.45, 7) is 4.17. The highest BCUT2D eigenvalue weighted by molar-refractivity contribution is 5.65. The average Bonchev–Trinajstić information content (AvgIpc) is 3.15. The van der Waals surface area contributed by atoms with E-state index in [-0.39, 0.29) is 0 Å². The van der Waals surface area contributed by atoms with Crippen LogP contribution in [-0.4, -0.2) is 33.4 Å². The Hall–Kier alpha value is -1.95. The Bertz CT molecular complexity index is 591. The van der Waals surface area contributed by atoms with Crippen LogP contribution in [0, 0.1) is 12.8 Å². The Kier molecular flexibility index (Phi) is 3.64. The van der Waals surface area contributed by atoms with Gasteiger partial charge in [-0.05, 0) is 53.8 Å². The van der Waals surface area contributed by atoms with E-state index in [4.69, 9.17) is 10.5 Å². The molecule has 6 nitrogen and oxygen atoms in total. The van der Waals surface area contributed by atoms with E-state index < -0.39 is 0 Å². The minimum Gasteiger partial charge on any atom is -0.399 e. The summed E-state index contributed by atoms with van der Waals surface area (Å²) in [7, 11) is 0. The number of aromatic nitrogens is 4. The summed E-state index contributed by atoms with van der Waals surface area (Å²) < 4.78 is 7.41. The molecule has 0 aliphatic heterocycles. The van der Waals surface area contributed by atoms with E-state index in [9.17, 15) is 0 Å². The number of nitrogens with zero attached hydrogens (tertiary/aromatic N) is 4. The lowest BCUT2D eigenvalue weighted by Gasteiger charge is -2.08. The number of ether oxygens (including phenoxy) is 1. The summed E-state index contributed by atoms with van der Waals surface area (Å²) in [6, 6.07) is 5.77. The second-order valence-electron chi connectivity index (χ2n) is 5.32. The van der Waals surface area contributed by atoms with Crippen molar-refractivity contribution in [1.29, 1.82) is 0 Å². The quantitative estimate of drug-likeness (QED) is 0.639. The molecule has 20 heavy (non-hydrogen) atoms. The molecular formula is C14H19N5O. The van der Waals surface area contributed by atoms with E-state index in [1.807, 2.05) is 25.1 Å². The predicted molar refractivity (Wildman–Crippen MR) is 75.9 cm³/mol. The van der Waals surface area contributed by atoms with Crippen LogP contribution < -0.4 is 5.73 Å². The standard InChI is InChI=1S/C14H19N5O/c1-10-2-5-12(15)8-13(10)14-16-17-18-19(14)6-7-20-9-11-3-4-11/h2,5,8,11H,3-4,6-7,9,15H2,1H3. The normalized spacial score (nSPS) is 14.7. The van der Waals surface area contributed by atoms with Crippen LogP contribution in [0.25, 0.3) is 11.4 Å². The Morgan fingerprint density at radius 2 is 2.25 bits per heavy atom. The molecule has 1 aliphatic carbocycles. The van der Waals surface area contributed by atoms with Crippen LogP contribution >= 0.6 is 0 Å². The van der Waals surface area contributed by atoms with Crippen molar-refractivity contribution < 1.29 is 4.74 Å². The van der Waals surface area contributed by atoms with Gasteiger partial charge < -0.3 is 10.5 Å². The van der Waals surface area contributed by atoms with E-state index in [1.54, 1.807) is 4.68 Å². The maximum Gasteiger partial charge on any atom is 0.182 e. The van der Waals surface area contributed by atoms with Gasteiger partial charge in [0, 0.05) is 17.9 Å². The van der Waals surface area contributed by atoms with Crippen molar-refractivity contribution in [3.05, 3.63) is 23.8 Å². The molecule has 0 saturated heterocycles. The van der Waals surface area contributed by atoms with Crippen LogP contribution in [0.3, 0.4) is 0 Å². The van der Waals surface area contributed by atoms with Gasteiger partial charge >= 0.3 is 0 Å². The average molecular weight is 273 g/mol. The van der Waals surface area contributed by atoms with Gasteiger partial charge in [-0.3, -0.25) is 0 Å². The Morgan fingerprint density at radius 3 is 3.05 bits per heavy atom. The lowest BCUT2D eigenvalue weighted by atomic mass is 10.1. The third-order valence-corrected chi connectivity index (χ3v) is 3.53. The van der Waals surface area contributed by atoms with Crippen molar-refractivity contribution in [1.82, 2.24) is 20.2 Å². The summed E-state index contributed by atoms with van der Waals surface area (Å²) in [5.74, 6) is 1.52. The molecule has 1 saturated carbocycles. The zero-order chi connectivity index (χ0) is 13.9. The lowest BCUT2D eigenvalue weighted by molar-refractivity contribution is 0.114. The topological polar surface area (TPSA) is 78.9 Å². The molecule has 1 aromatic heterocycles. The van der Waals surface area contributed by atoms with Crippen molar-refractivity contribution in [2.45, 2.75) is 26.3 Å². The molecule has 3 rings (SSSR count). The summed E-state index contributed by atoms with van der Waals surface area (Å²) in [5, 5.41) is 11.9. The highest BCUT2D eigenvalue weighted by Gasteiger charge is 2.21. The molecule has 1 fully saturated rings.